The molecular weight excluding hydrogens is 302 g/mol. The van der Waals surface area contributed by atoms with Crippen LogP contribution in [-0.4, -0.2) is 23.6 Å². The molecule has 1 heterocycles. The molecule has 5 nitrogen and oxygen atoms in total. The average molecular weight is 319 g/mol. The van der Waals surface area contributed by atoms with E-state index in [0.717, 1.165) is 22.6 Å². The summed E-state index contributed by atoms with van der Waals surface area (Å²) in [7, 11) is 0. The molecule has 0 atom stereocenters. The Morgan fingerprint density at radius 2 is 1.91 bits per heavy atom. The highest BCUT2D eigenvalue weighted by molar-refractivity contribution is 7.13. The molecule has 116 valence electrons. The van der Waals surface area contributed by atoms with Crippen LogP contribution in [0.15, 0.2) is 36.4 Å². The number of amides is 1. The van der Waals surface area contributed by atoms with Gasteiger partial charge in [-0.25, -0.2) is 4.79 Å². The Hall–Kier alpha value is -2.34. The Bertz CT molecular complexity index is 648. The van der Waals surface area contributed by atoms with Gasteiger partial charge in [-0.2, -0.15) is 0 Å². The number of carbonyl (C=O) groups is 2. The van der Waals surface area contributed by atoms with Crippen molar-refractivity contribution >= 4 is 23.2 Å². The maximum absolute atomic E-state index is 11.7. The second kappa shape index (κ2) is 7.61. The van der Waals surface area contributed by atoms with Gasteiger partial charge < -0.3 is 15.2 Å². The van der Waals surface area contributed by atoms with Gasteiger partial charge >= 0.3 is 5.97 Å². The third kappa shape index (κ3) is 4.60. The molecule has 1 amide bonds. The zero-order chi connectivity index (χ0) is 15.9. The fraction of sp³-hybridized carbons (Fsp3) is 0.250. The molecule has 6 heteroatoms. The molecule has 0 radical (unpaired) electrons. The van der Waals surface area contributed by atoms with Crippen molar-refractivity contribution in [3.05, 3.63) is 51.7 Å². The van der Waals surface area contributed by atoms with E-state index in [4.69, 9.17) is 9.84 Å². The van der Waals surface area contributed by atoms with Crippen molar-refractivity contribution in [3.8, 4) is 5.75 Å². The van der Waals surface area contributed by atoms with E-state index in [1.54, 1.807) is 6.07 Å². The quantitative estimate of drug-likeness (QED) is 0.823. The lowest BCUT2D eigenvalue weighted by atomic mass is 10.2. The number of hydrogen-bond acceptors (Lipinski definition) is 4. The highest BCUT2D eigenvalue weighted by Crippen LogP contribution is 2.16. The molecule has 1 aromatic carbocycles. The van der Waals surface area contributed by atoms with E-state index in [0.29, 0.717) is 12.3 Å². The van der Waals surface area contributed by atoms with Gasteiger partial charge in [-0.1, -0.05) is 19.1 Å². The first-order chi connectivity index (χ1) is 10.6. The predicted molar refractivity (Wildman–Crippen MR) is 84.4 cm³/mol. The van der Waals surface area contributed by atoms with E-state index < -0.39 is 5.97 Å². The van der Waals surface area contributed by atoms with Crippen molar-refractivity contribution in [2.24, 2.45) is 0 Å². The summed E-state index contributed by atoms with van der Waals surface area (Å²) in [5, 5.41) is 11.5. The molecule has 2 N–H and O–H groups in total. The second-order valence-electron chi connectivity index (χ2n) is 4.63. The summed E-state index contributed by atoms with van der Waals surface area (Å²) in [5.74, 6) is -0.553. The lowest BCUT2D eigenvalue weighted by Crippen LogP contribution is -2.28. The number of hydrogen-bond donors (Lipinski definition) is 2. The average Bonchev–Trinajstić information content (AvgIpc) is 3.00. The maximum atomic E-state index is 11.7. The number of carboxylic acids is 1. The molecular formula is C16H17NO4S. The monoisotopic (exact) mass is 319 g/mol. The standard InChI is InChI=1S/C16H17NO4S/c1-2-11-3-5-12(6-4-11)21-10-15(18)17-9-13-7-8-14(22-13)16(19)20/h3-8H,2,9-10H2,1H3,(H,17,18)(H,19,20). The minimum atomic E-state index is -0.957. The molecule has 0 aliphatic rings. The highest BCUT2D eigenvalue weighted by Gasteiger charge is 2.08. The fourth-order valence-corrected chi connectivity index (χ4v) is 2.58. The summed E-state index contributed by atoms with van der Waals surface area (Å²) in [6.07, 6.45) is 0.958. The van der Waals surface area contributed by atoms with Crippen LogP contribution in [0.5, 0.6) is 5.75 Å². The number of aryl methyl sites for hydroxylation is 1. The van der Waals surface area contributed by atoms with E-state index in [1.165, 1.54) is 11.6 Å². The minimum absolute atomic E-state index is 0.0668. The lowest BCUT2D eigenvalue weighted by molar-refractivity contribution is -0.123. The van der Waals surface area contributed by atoms with Crippen LogP contribution in [0.4, 0.5) is 0 Å². The molecule has 22 heavy (non-hydrogen) atoms. The summed E-state index contributed by atoms with van der Waals surface area (Å²) < 4.78 is 5.40. The van der Waals surface area contributed by atoms with Gasteiger partial charge in [0.2, 0.25) is 0 Å². The first-order valence-corrected chi connectivity index (χ1v) is 7.70. The number of thiophene rings is 1. The van der Waals surface area contributed by atoms with Crippen molar-refractivity contribution < 1.29 is 19.4 Å². The van der Waals surface area contributed by atoms with Gasteiger partial charge in [-0.05, 0) is 36.2 Å². The van der Waals surface area contributed by atoms with Crippen LogP contribution in [0.25, 0.3) is 0 Å². The fourth-order valence-electron chi connectivity index (χ4n) is 1.79. The van der Waals surface area contributed by atoms with Crippen LogP contribution in [0.3, 0.4) is 0 Å². The van der Waals surface area contributed by atoms with E-state index in [2.05, 4.69) is 12.2 Å². The Morgan fingerprint density at radius 1 is 1.18 bits per heavy atom. The van der Waals surface area contributed by atoms with Crippen molar-refractivity contribution in [2.75, 3.05) is 6.61 Å². The van der Waals surface area contributed by atoms with Crippen molar-refractivity contribution in [1.29, 1.82) is 0 Å². The third-order valence-electron chi connectivity index (χ3n) is 3.03. The molecule has 0 bridgehead atoms. The number of ether oxygens (including phenoxy) is 1. The van der Waals surface area contributed by atoms with Crippen LogP contribution < -0.4 is 10.1 Å². The van der Waals surface area contributed by atoms with Gasteiger partial charge in [-0.3, -0.25) is 4.79 Å². The number of rotatable bonds is 7. The molecule has 0 aliphatic carbocycles. The number of carbonyl (C=O) groups excluding carboxylic acids is 1. The van der Waals surface area contributed by atoms with Gasteiger partial charge in [0, 0.05) is 4.88 Å². The molecule has 0 saturated heterocycles. The van der Waals surface area contributed by atoms with Crippen LogP contribution in [0.2, 0.25) is 0 Å². The lowest BCUT2D eigenvalue weighted by Gasteiger charge is -2.07. The van der Waals surface area contributed by atoms with Crippen LogP contribution in [0.1, 0.15) is 27.0 Å². The van der Waals surface area contributed by atoms with Gasteiger partial charge in [0.25, 0.3) is 5.91 Å². The molecule has 0 saturated carbocycles. The molecule has 0 unspecified atom stereocenters. The number of aromatic carboxylic acids is 1. The largest absolute Gasteiger partial charge is 0.484 e. The summed E-state index contributed by atoms with van der Waals surface area (Å²) in [6, 6.07) is 10.8. The summed E-state index contributed by atoms with van der Waals surface area (Å²) in [6.45, 7) is 2.31. The molecule has 0 aliphatic heterocycles. The van der Waals surface area contributed by atoms with Gasteiger partial charge in [0.05, 0.1) is 6.54 Å². The number of nitrogens with one attached hydrogen (secondary N) is 1. The smallest absolute Gasteiger partial charge is 0.345 e. The van der Waals surface area contributed by atoms with Crippen molar-refractivity contribution in [2.45, 2.75) is 19.9 Å². The number of carboxylic acid groups (broad SMARTS) is 1. The maximum Gasteiger partial charge on any atom is 0.345 e. The Balaban J connectivity index is 1.76. The minimum Gasteiger partial charge on any atom is -0.484 e. The van der Waals surface area contributed by atoms with Crippen LogP contribution in [0, 0.1) is 0 Å². The molecule has 1 aromatic heterocycles. The first kappa shape index (κ1) is 16.0. The van der Waals surface area contributed by atoms with Gasteiger partial charge in [0.15, 0.2) is 6.61 Å². The van der Waals surface area contributed by atoms with Crippen LogP contribution >= 0.6 is 11.3 Å². The van der Waals surface area contributed by atoms with Gasteiger partial charge in [-0.15, -0.1) is 11.3 Å². The third-order valence-corrected chi connectivity index (χ3v) is 4.11. The van der Waals surface area contributed by atoms with E-state index in [1.807, 2.05) is 24.3 Å². The molecule has 2 aromatic rings. The van der Waals surface area contributed by atoms with Crippen molar-refractivity contribution in [3.63, 3.8) is 0 Å². The van der Waals surface area contributed by atoms with E-state index in [9.17, 15) is 9.59 Å². The topological polar surface area (TPSA) is 75.6 Å². The van der Waals surface area contributed by atoms with Crippen molar-refractivity contribution in [1.82, 2.24) is 5.32 Å². The number of benzene rings is 1. The Kier molecular flexibility index (Phi) is 5.55. The van der Waals surface area contributed by atoms with E-state index >= 15 is 0 Å². The summed E-state index contributed by atoms with van der Waals surface area (Å²) in [5.41, 5.74) is 1.21. The predicted octanol–water partition coefficient (Wildman–Crippen LogP) is 2.70. The normalized spacial score (nSPS) is 10.2. The van der Waals surface area contributed by atoms with Crippen LogP contribution in [-0.2, 0) is 17.8 Å². The summed E-state index contributed by atoms with van der Waals surface area (Å²) in [4.78, 5) is 23.5. The molecule has 2 rings (SSSR count). The molecule has 0 fully saturated rings. The highest BCUT2D eigenvalue weighted by atomic mass is 32.1. The summed E-state index contributed by atoms with van der Waals surface area (Å²) >= 11 is 1.15. The second-order valence-corrected chi connectivity index (χ2v) is 5.80. The first-order valence-electron chi connectivity index (χ1n) is 6.89. The Labute approximate surface area is 132 Å². The SMILES string of the molecule is CCc1ccc(OCC(=O)NCc2ccc(C(=O)O)s2)cc1. The zero-order valence-electron chi connectivity index (χ0n) is 12.2. The zero-order valence-corrected chi connectivity index (χ0v) is 13.0. The van der Waals surface area contributed by atoms with E-state index in [-0.39, 0.29) is 17.4 Å². The van der Waals surface area contributed by atoms with Gasteiger partial charge in [0.1, 0.15) is 10.6 Å². The molecule has 0 spiro atoms. The Morgan fingerprint density at radius 3 is 2.50 bits per heavy atom.